The molecule has 1 N–H and O–H groups in total. The molecule has 0 saturated carbocycles. The molecule has 198 valence electrons. The lowest BCUT2D eigenvalue weighted by Gasteiger charge is -2.19. The topological polar surface area (TPSA) is 116 Å². The van der Waals surface area contributed by atoms with E-state index < -0.39 is 11.7 Å². The summed E-state index contributed by atoms with van der Waals surface area (Å²) in [5, 5.41) is 2.65. The Kier molecular flexibility index (Phi) is 9.10. The van der Waals surface area contributed by atoms with Gasteiger partial charge in [0.1, 0.15) is 23.7 Å². The molecule has 0 aliphatic rings. The van der Waals surface area contributed by atoms with Crippen molar-refractivity contribution in [1.82, 2.24) is 20.2 Å². The molecular weight excluding hydrogens is 476 g/mol. The maximum absolute atomic E-state index is 12.9. The lowest BCUT2D eigenvalue weighted by molar-refractivity contribution is 0.0520. The molecule has 0 fully saturated rings. The van der Waals surface area contributed by atoms with Gasteiger partial charge in [0.2, 0.25) is 5.88 Å². The average molecular weight is 511 g/mol. The van der Waals surface area contributed by atoms with Crippen LogP contribution in [0.1, 0.15) is 45.3 Å². The fourth-order valence-corrected chi connectivity index (χ4v) is 3.43. The molecule has 0 spiro atoms. The fourth-order valence-electron chi connectivity index (χ4n) is 3.43. The first-order valence-electron chi connectivity index (χ1n) is 12.2. The van der Waals surface area contributed by atoms with E-state index in [1.807, 2.05) is 32.0 Å². The van der Waals surface area contributed by atoms with Crippen LogP contribution in [0.5, 0.6) is 11.6 Å². The number of carbonyl (C=O) groups excluding carboxylic acids is 2. The predicted molar refractivity (Wildman–Crippen MR) is 139 cm³/mol. The van der Waals surface area contributed by atoms with Gasteiger partial charge in [0.15, 0.2) is 5.76 Å². The third-order valence-electron chi connectivity index (χ3n) is 5.24. The van der Waals surface area contributed by atoms with Crippen molar-refractivity contribution >= 4 is 12.0 Å². The summed E-state index contributed by atoms with van der Waals surface area (Å²) < 4.78 is 22.1. The van der Waals surface area contributed by atoms with Crippen molar-refractivity contribution in [3.63, 3.8) is 0 Å². The fraction of sp³-hybridized carbons (Fsp3) is 0.407. The smallest absolute Gasteiger partial charge is 0.407 e. The van der Waals surface area contributed by atoms with Crippen LogP contribution in [0.25, 0.3) is 22.6 Å². The molecule has 3 aromatic rings. The highest BCUT2D eigenvalue weighted by atomic mass is 16.6. The molecule has 0 aliphatic heterocycles. The number of nitrogens with one attached hydrogen (secondary N) is 1. The second kappa shape index (κ2) is 12.2. The van der Waals surface area contributed by atoms with Crippen LogP contribution in [0.4, 0.5) is 4.79 Å². The summed E-state index contributed by atoms with van der Waals surface area (Å²) in [5.41, 5.74) is 1.35. The van der Waals surface area contributed by atoms with Gasteiger partial charge in [0.25, 0.3) is 5.89 Å². The summed E-state index contributed by atoms with van der Waals surface area (Å²) in [6, 6.07) is 10.8. The second-order valence-electron chi connectivity index (χ2n) is 9.06. The van der Waals surface area contributed by atoms with Crippen molar-refractivity contribution in [2.75, 3.05) is 33.4 Å². The van der Waals surface area contributed by atoms with Gasteiger partial charge in [-0.2, -0.15) is 0 Å². The molecule has 0 aliphatic carbocycles. The number of hydrogen-bond acceptors (Lipinski definition) is 8. The van der Waals surface area contributed by atoms with Crippen LogP contribution in [-0.4, -0.2) is 65.8 Å². The summed E-state index contributed by atoms with van der Waals surface area (Å²) in [5.74, 6) is 1.26. The zero-order valence-corrected chi connectivity index (χ0v) is 22.2. The summed E-state index contributed by atoms with van der Waals surface area (Å²) in [4.78, 5) is 35.1. The molecule has 0 saturated heterocycles. The first kappa shape index (κ1) is 27.5. The Morgan fingerprint density at radius 3 is 2.27 bits per heavy atom. The molecular formula is C27H34N4O6. The molecule has 2 heterocycles. The van der Waals surface area contributed by atoms with E-state index in [4.69, 9.17) is 18.6 Å². The van der Waals surface area contributed by atoms with Gasteiger partial charge in [-0.3, -0.25) is 4.79 Å². The number of alkyl carbamates (subject to hydrolysis) is 1. The van der Waals surface area contributed by atoms with Gasteiger partial charge < -0.3 is 28.8 Å². The van der Waals surface area contributed by atoms with Crippen LogP contribution in [0.2, 0.25) is 0 Å². The predicted octanol–water partition coefficient (Wildman–Crippen LogP) is 4.80. The van der Waals surface area contributed by atoms with E-state index in [1.165, 1.54) is 0 Å². The highest BCUT2D eigenvalue weighted by Gasteiger charge is 2.24. The summed E-state index contributed by atoms with van der Waals surface area (Å²) >= 11 is 0. The van der Waals surface area contributed by atoms with Crippen LogP contribution in [-0.2, 0) is 4.74 Å². The number of aromatic nitrogens is 2. The van der Waals surface area contributed by atoms with E-state index in [1.54, 1.807) is 57.2 Å². The molecule has 0 radical (unpaired) electrons. The van der Waals surface area contributed by atoms with Crippen LogP contribution in [0.15, 0.2) is 47.0 Å². The molecule has 1 aromatic carbocycles. The van der Waals surface area contributed by atoms with E-state index in [-0.39, 0.29) is 18.4 Å². The van der Waals surface area contributed by atoms with Gasteiger partial charge in [-0.05, 0) is 65.0 Å². The molecule has 2 amide bonds. The zero-order valence-electron chi connectivity index (χ0n) is 22.2. The second-order valence-corrected chi connectivity index (χ2v) is 9.06. The van der Waals surface area contributed by atoms with Gasteiger partial charge in [-0.25, -0.2) is 14.8 Å². The third-order valence-corrected chi connectivity index (χ3v) is 5.24. The number of hydrogen-bond donors (Lipinski definition) is 1. The molecule has 0 bridgehead atoms. The Morgan fingerprint density at radius 2 is 1.70 bits per heavy atom. The minimum Gasteiger partial charge on any atom is -0.492 e. The molecule has 0 unspecified atom stereocenters. The van der Waals surface area contributed by atoms with Crippen molar-refractivity contribution in [3.8, 4) is 34.2 Å². The molecule has 3 rings (SSSR count). The maximum Gasteiger partial charge on any atom is 0.407 e. The van der Waals surface area contributed by atoms with Gasteiger partial charge in [-0.1, -0.05) is 0 Å². The van der Waals surface area contributed by atoms with Crippen molar-refractivity contribution < 1.29 is 28.2 Å². The summed E-state index contributed by atoms with van der Waals surface area (Å²) in [6.45, 7) is 10.9. The van der Waals surface area contributed by atoms with Crippen LogP contribution < -0.4 is 14.8 Å². The minimum atomic E-state index is -0.557. The van der Waals surface area contributed by atoms with E-state index >= 15 is 0 Å². The number of rotatable bonds is 10. The zero-order chi connectivity index (χ0) is 27.0. The maximum atomic E-state index is 12.9. The Bertz CT molecular complexity index is 1180. The first-order chi connectivity index (χ1) is 17.6. The number of methoxy groups -OCH3 is 1. The van der Waals surface area contributed by atoms with Crippen molar-refractivity contribution in [2.24, 2.45) is 0 Å². The van der Waals surface area contributed by atoms with Gasteiger partial charge in [0, 0.05) is 36.5 Å². The van der Waals surface area contributed by atoms with Crippen LogP contribution >= 0.6 is 0 Å². The van der Waals surface area contributed by atoms with Crippen molar-refractivity contribution in [3.05, 3.63) is 48.5 Å². The van der Waals surface area contributed by atoms with Crippen LogP contribution in [0.3, 0.4) is 0 Å². The van der Waals surface area contributed by atoms with E-state index in [2.05, 4.69) is 15.3 Å². The molecule has 37 heavy (non-hydrogen) atoms. The summed E-state index contributed by atoms with van der Waals surface area (Å²) in [6.07, 6.45) is 1.13. The monoisotopic (exact) mass is 510 g/mol. The highest BCUT2D eigenvalue weighted by molar-refractivity contribution is 5.92. The lowest BCUT2D eigenvalue weighted by atomic mass is 10.1. The van der Waals surface area contributed by atoms with Gasteiger partial charge >= 0.3 is 12.0 Å². The van der Waals surface area contributed by atoms with Crippen molar-refractivity contribution in [2.45, 2.75) is 40.2 Å². The van der Waals surface area contributed by atoms with Gasteiger partial charge in [-0.15, -0.1) is 0 Å². The quantitative estimate of drug-likeness (QED) is 0.387. The number of oxazole rings is 1. The number of nitrogens with zero attached hydrogens (tertiary/aromatic N) is 3. The number of pyridine rings is 1. The summed E-state index contributed by atoms with van der Waals surface area (Å²) in [7, 11) is 1.54. The third kappa shape index (κ3) is 7.45. The van der Waals surface area contributed by atoms with Crippen molar-refractivity contribution in [1.29, 1.82) is 0 Å². The molecule has 0 atom stereocenters. The van der Waals surface area contributed by atoms with E-state index in [0.29, 0.717) is 48.3 Å². The van der Waals surface area contributed by atoms with Crippen LogP contribution in [0, 0.1) is 0 Å². The number of carbonyl (C=O) groups is 2. The highest BCUT2D eigenvalue weighted by Crippen LogP contribution is 2.34. The normalized spacial score (nSPS) is 11.1. The Morgan fingerprint density at radius 1 is 1.03 bits per heavy atom. The number of amides is 2. The minimum absolute atomic E-state index is 0.0121. The number of benzene rings is 1. The average Bonchev–Trinajstić information content (AvgIpc) is 3.32. The number of ether oxygens (including phenoxy) is 3. The molecule has 10 nitrogen and oxygen atoms in total. The van der Waals surface area contributed by atoms with E-state index in [0.717, 1.165) is 5.56 Å². The largest absolute Gasteiger partial charge is 0.492 e. The lowest BCUT2D eigenvalue weighted by Crippen LogP contribution is -2.34. The standard InChI is InChI=1S/C27H34N4O6/c1-7-31(8-2)25(32)24-30-22(19-11-14-21(34-6)29-17-19)23(36-24)18-9-12-20(13-10-18)35-16-15-28-26(33)37-27(3,4)5/h9-14,17H,7-8,15-16H2,1-6H3,(H,28,33). The SMILES string of the molecule is CCN(CC)C(=O)c1nc(-c2ccc(OC)nc2)c(-c2ccc(OCCNC(=O)OC(C)(C)C)cc2)o1. The molecule has 10 heteroatoms. The first-order valence-corrected chi connectivity index (χ1v) is 12.2. The Balaban J connectivity index is 1.78. The van der Waals surface area contributed by atoms with Gasteiger partial charge in [0.05, 0.1) is 13.7 Å². The molecule has 2 aromatic heterocycles. The Labute approximate surface area is 216 Å². The Hall–Kier alpha value is -4.08. The van der Waals surface area contributed by atoms with E-state index in [9.17, 15) is 9.59 Å².